The number of hydrogen-bond donors (Lipinski definition) is 0. The van der Waals surface area contributed by atoms with Crippen molar-refractivity contribution in [3.8, 4) is 11.5 Å². The zero-order valence-corrected chi connectivity index (χ0v) is 15.8. The number of methoxy groups -OCH3 is 2. The van der Waals surface area contributed by atoms with Gasteiger partial charge in [-0.05, 0) is 44.0 Å². The summed E-state index contributed by atoms with van der Waals surface area (Å²) in [4.78, 5) is 9.05. The Labute approximate surface area is 150 Å². The highest BCUT2D eigenvalue weighted by Crippen LogP contribution is 2.31. The van der Waals surface area contributed by atoms with Crippen LogP contribution in [0.25, 0.3) is 0 Å². The molecule has 1 aromatic carbocycles. The number of pyridine rings is 1. The van der Waals surface area contributed by atoms with Crippen molar-refractivity contribution < 1.29 is 13.7 Å². The average Bonchev–Trinajstić information content (AvgIpc) is 2.63. The van der Waals surface area contributed by atoms with E-state index in [-0.39, 0.29) is 0 Å². The van der Waals surface area contributed by atoms with Crippen LogP contribution in [0.5, 0.6) is 11.5 Å². The fourth-order valence-electron chi connectivity index (χ4n) is 3.02. The van der Waals surface area contributed by atoms with Crippen molar-refractivity contribution in [2.45, 2.75) is 32.4 Å². The Hall–Kier alpha value is -2.21. The number of hydrogen-bond acceptors (Lipinski definition) is 5. The summed E-state index contributed by atoms with van der Waals surface area (Å²) >= 11 is 0. The normalized spacial score (nSPS) is 14.5. The minimum absolute atomic E-state index is 0.354. The van der Waals surface area contributed by atoms with Crippen LogP contribution < -0.4 is 9.47 Å². The highest BCUT2D eigenvalue weighted by molar-refractivity contribution is 7.99. The molecule has 2 aromatic rings. The maximum Gasteiger partial charge on any atom is 0.128 e. The molecule has 0 N–H and O–H groups in total. The van der Waals surface area contributed by atoms with Gasteiger partial charge in [0.1, 0.15) is 16.5 Å². The number of aryl methyl sites for hydroxylation is 2. The molecule has 1 unspecified atom stereocenters. The average molecular weight is 358 g/mol. The predicted molar refractivity (Wildman–Crippen MR) is 101 cm³/mol. The Morgan fingerprint density at radius 3 is 2.68 bits per heavy atom. The molecule has 1 aromatic heterocycles. The van der Waals surface area contributed by atoms with E-state index >= 15 is 0 Å². The van der Waals surface area contributed by atoms with E-state index in [0.717, 1.165) is 51.0 Å². The van der Waals surface area contributed by atoms with E-state index in [1.54, 1.807) is 20.4 Å². The van der Waals surface area contributed by atoms with Crippen LogP contribution in [0.4, 0.5) is 5.69 Å². The first-order valence-corrected chi connectivity index (χ1v) is 9.47. The Kier molecular flexibility index (Phi) is 5.18. The van der Waals surface area contributed by atoms with Crippen molar-refractivity contribution >= 4 is 21.5 Å². The molecule has 0 radical (unpaired) electrons. The van der Waals surface area contributed by atoms with Crippen molar-refractivity contribution in [2.24, 2.45) is 4.99 Å². The van der Waals surface area contributed by atoms with Gasteiger partial charge in [-0.25, -0.2) is 4.99 Å². The third kappa shape index (κ3) is 3.58. The first-order chi connectivity index (χ1) is 12.0. The van der Waals surface area contributed by atoms with Crippen LogP contribution in [0.15, 0.2) is 29.4 Å². The quantitative estimate of drug-likeness (QED) is 0.837. The minimum atomic E-state index is -1.20. The van der Waals surface area contributed by atoms with Crippen molar-refractivity contribution in [3.63, 3.8) is 0 Å². The van der Waals surface area contributed by atoms with E-state index in [4.69, 9.17) is 9.47 Å². The van der Waals surface area contributed by atoms with Gasteiger partial charge in [-0.1, -0.05) is 0 Å². The van der Waals surface area contributed by atoms with Crippen molar-refractivity contribution in [3.05, 3.63) is 46.8 Å². The fourth-order valence-corrected chi connectivity index (χ4v) is 4.25. The van der Waals surface area contributed by atoms with E-state index in [9.17, 15) is 4.21 Å². The molecule has 25 heavy (non-hydrogen) atoms. The molecule has 1 atom stereocenters. The zero-order valence-electron chi connectivity index (χ0n) is 15.0. The topological polar surface area (TPSA) is 60.8 Å². The molecule has 0 spiro atoms. The van der Waals surface area contributed by atoms with Gasteiger partial charge in [-0.15, -0.1) is 0 Å². The van der Waals surface area contributed by atoms with Gasteiger partial charge in [0.2, 0.25) is 0 Å². The molecule has 2 heterocycles. The molecule has 0 saturated heterocycles. The molecular weight excluding hydrogens is 336 g/mol. The van der Waals surface area contributed by atoms with E-state index in [2.05, 4.69) is 9.98 Å². The molecule has 1 aliphatic rings. The summed E-state index contributed by atoms with van der Waals surface area (Å²) in [5, 5.41) is 0.721. The van der Waals surface area contributed by atoms with Gasteiger partial charge in [-0.3, -0.25) is 9.19 Å². The number of ether oxygens (including phenoxy) is 2. The number of benzene rings is 1. The van der Waals surface area contributed by atoms with Crippen LogP contribution in [0.2, 0.25) is 0 Å². The maximum atomic E-state index is 12.8. The van der Waals surface area contributed by atoms with E-state index in [1.807, 2.05) is 32.0 Å². The number of nitrogens with zero attached hydrogens (tertiary/aromatic N) is 2. The van der Waals surface area contributed by atoms with E-state index in [1.165, 1.54) is 0 Å². The highest BCUT2D eigenvalue weighted by Gasteiger charge is 2.20. The molecule has 3 rings (SSSR count). The summed E-state index contributed by atoms with van der Waals surface area (Å²) in [6.07, 6.45) is 3.28. The molecule has 6 heteroatoms. The number of aromatic nitrogens is 1. The molecule has 132 valence electrons. The zero-order chi connectivity index (χ0) is 18.0. The Bertz CT molecular complexity index is 862. The van der Waals surface area contributed by atoms with Crippen molar-refractivity contribution in [2.75, 3.05) is 14.2 Å². The van der Waals surface area contributed by atoms with E-state index in [0.29, 0.717) is 12.2 Å². The summed E-state index contributed by atoms with van der Waals surface area (Å²) in [6.45, 7) is 3.91. The third-order valence-electron chi connectivity index (χ3n) is 4.42. The second kappa shape index (κ2) is 7.35. The van der Waals surface area contributed by atoms with Gasteiger partial charge < -0.3 is 9.47 Å². The van der Waals surface area contributed by atoms with Gasteiger partial charge in [0.05, 0.1) is 42.2 Å². The molecule has 5 nitrogen and oxygen atoms in total. The highest BCUT2D eigenvalue weighted by atomic mass is 32.2. The molecule has 0 bridgehead atoms. The molecular formula is C19H22N2O3S. The smallest absolute Gasteiger partial charge is 0.128 e. The van der Waals surface area contributed by atoms with Gasteiger partial charge >= 0.3 is 0 Å². The lowest BCUT2D eigenvalue weighted by Crippen LogP contribution is -2.15. The van der Waals surface area contributed by atoms with Crippen LogP contribution in [0, 0.1) is 13.8 Å². The lowest BCUT2D eigenvalue weighted by Gasteiger charge is -2.17. The summed E-state index contributed by atoms with van der Waals surface area (Å²) in [5.41, 5.74) is 4.72. The minimum Gasteiger partial charge on any atom is -0.497 e. The largest absolute Gasteiger partial charge is 0.497 e. The first kappa shape index (κ1) is 17.6. The van der Waals surface area contributed by atoms with Crippen molar-refractivity contribution in [1.29, 1.82) is 0 Å². The molecule has 0 saturated carbocycles. The van der Waals surface area contributed by atoms with Gasteiger partial charge in [0, 0.05) is 23.7 Å². The number of rotatable bonds is 4. The maximum absolute atomic E-state index is 12.8. The van der Waals surface area contributed by atoms with Gasteiger partial charge in [0.25, 0.3) is 0 Å². The van der Waals surface area contributed by atoms with Gasteiger partial charge in [-0.2, -0.15) is 0 Å². The van der Waals surface area contributed by atoms with Crippen LogP contribution in [-0.2, 0) is 23.0 Å². The second-order valence-electron chi connectivity index (χ2n) is 6.04. The molecule has 1 aliphatic heterocycles. The molecule has 0 aliphatic carbocycles. The predicted octanol–water partition coefficient (Wildman–Crippen LogP) is 3.64. The third-order valence-corrected chi connectivity index (χ3v) is 5.78. The lowest BCUT2D eigenvalue weighted by atomic mass is 10.1. The SMILES string of the molecule is COc1ccc2c(c1)CCC(S(=O)Cc1ncc(C)c(OC)c1C)=N2. The Morgan fingerprint density at radius 2 is 1.96 bits per heavy atom. The Balaban J connectivity index is 1.83. The summed E-state index contributed by atoms with van der Waals surface area (Å²) in [6, 6.07) is 5.79. The van der Waals surface area contributed by atoms with Crippen LogP contribution in [0.3, 0.4) is 0 Å². The fraction of sp³-hybridized carbons (Fsp3) is 0.368. The summed E-state index contributed by atoms with van der Waals surface area (Å²) < 4.78 is 23.5. The standard InChI is InChI=1S/C19H22N2O3S/c1-12-10-20-17(13(2)19(12)24-4)11-25(22)18-8-5-14-9-15(23-3)6-7-16(14)21-18/h6-7,9-10H,5,8,11H2,1-4H3. The number of fused-ring (bicyclic) bond motifs is 1. The van der Waals surface area contributed by atoms with Gasteiger partial charge in [0.15, 0.2) is 0 Å². The summed E-state index contributed by atoms with van der Waals surface area (Å²) in [7, 11) is 2.10. The Morgan fingerprint density at radius 1 is 1.16 bits per heavy atom. The second-order valence-corrected chi connectivity index (χ2v) is 7.49. The summed E-state index contributed by atoms with van der Waals surface area (Å²) in [5.74, 6) is 1.99. The van der Waals surface area contributed by atoms with E-state index < -0.39 is 10.8 Å². The lowest BCUT2D eigenvalue weighted by molar-refractivity contribution is 0.407. The molecule has 0 fully saturated rings. The number of aliphatic imine (C=N–C) groups is 1. The van der Waals surface area contributed by atoms with Crippen LogP contribution >= 0.6 is 0 Å². The van der Waals surface area contributed by atoms with Crippen LogP contribution in [-0.4, -0.2) is 28.5 Å². The monoisotopic (exact) mass is 358 g/mol. The van der Waals surface area contributed by atoms with Crippen LogP contribution in [0.1, 0.15) is 28.8 Å². The molecule has 0 amide bonds. The van der Waals surface area contributed by atoms with Crippen molar-refractivity contribution in [1.82, 2.24) is 4.98 Å². The first-order valence-electron chi connectivity index (χ1n) is 8.15.